The average molecular weight is 219 g/mol. The van der Waals surface area contributed by atoms with Gasteiger partial charge < -0.3 is 4.74 Å². The van der Waals surface area contributed by atoms with E-state index in [9.17, 15) is 4.79 Å². The van der Waals surface area contributed by atoms with Crippen molar-refractivity contribution < 1.29 is 9.53 Å². The molecule has 0 fully saturated rings. The molecule has 2 nitrogen and oxygen atoms in total. The fourth-order valence-corrected chi connectivity index (χ4v) is 1.39. The summed E-state index contributed by atoms with van der Waals surface area (Å²) < 4.78 is 4.97. The second-order valence-electron chi connectivity index (χ2n) is 2.58. The van der Waals surface area contributed by atoms with E-state index in [4.69, 9.17) is 27.9 Å². The summed E-state index contributed by atoms with van der Waals surface area (Å²) in [7, 11) is 1.52. The minimum atomic E-state index is -0.577. The van der Waals surface area contributed by atoms with Crippen molar-refractivity contribution in [3.05, 3.63) is 28.3 Å². The van der Waals surface area contributed by atoms with Gasteiger partial charge in [-0.25, -0.2) is 0 Å². The molecule has 1 rings (SSSR count). The summed E-state index contributed by atoms with van der Waals surface area (Å²) >= 11 is 11.2. The molecule has 1 aromatic carbocycles. The van der Waals surface area contributed by atoms with Crippen LogP contribution in [0.15, 0.2) is 12.1 Å². The van der Waals surface area contributed by atoms with Crippen LogP contribution >= 0.6 is 23.2 Å². The van der Waals surface area contributed by atoms with E-state index in [0.717, 1.165) is 5.56 Å². The molecule has 0 aliphatic carbocycles. The number of ether oxygens (including phenoxy) is 1. The predicted molar refractivity (Wildman–Crippen MR) is 52.9 cm³/mol. The Morgan fingerprint density at radius 3 is 2.54 bits per heavy atom. The monoisotopic (exact) mass is 218 g/mol. The maximum atomic E-state index is 10.9. The zero-order valence-electron chi connectivity index (χ0n) is 7.23. The van der Waals surface area contributed by atoms with Crippen LogP contribution in [0.25, 0.3) is 0 Å². The highest BCUT2D eigenvalue weighted by molar-refractivity contribution is 6.68. The number of hydrogen-bond acceptors (Lipinski definition) is 2. The molecule has 4 heteroatoms. The molecular weight excluding hydrogens is 211 g/mol. The Morgan fingerprint density at radius 1 is 1.46 bits per heavy atom. The van der Waals surface area contributed by atoms with E-state index in [-0.39, 0.29) is 5.56 Å². The number of aryl methyl sites for hydroxylation is 1. The highest BCUT2D eigenvalue weighted by Gasteiger charge is 2.11. The van der Waals surface area contributed by atoms with Crippen LogP contribution in [0.2, 0.25) is 5.02 Å². The number of carbonyl (C=O) groups excluding carboxylic acids is 1. The predicted octanol–water partition coefficient (Wildman–Crippen LogP) is 3.04. The molecule has 0 aromatic heterocycles. The van der Waals surface area contributed by atoms with E-state index in [1.54, 1.807) is 13.0 Å². The standard InChI is InChI=1S/C9H8Cl2O2/c1-5-3-6(13-2)4-7(8(5)10)9(11)12/h3-4H,1-2H3. The molecule has 0 aliphatic rings. The summed E-state index contributed by atoms with van der Waals surface area (Å²) in [6, 6.07) is 3.26. The van der Waals surface area contributed by atoms with E-state index >= 15 is 0 Å². The number of methoxy groups -OCH3 is 1. The molecule has 70 valence electrons. The lowest BCUT2D eigenvalue weighted by Crippen LogP contribution is -1.94. The fraction of sp³-hybridized carbons (Fsp3) is 0.222. The molecule has 0 unspecified atom stereocenters. The van der Waals surface area contributed by atoms with E-state index < -0.39 is 5.24 Å². The van der Waals surface area contributed by atoms with Gasteiger partial charge in [0.15, 0.2) is 0 Å². The van der Waals surface area contributed by atoms with Gasteiger partial charge in [-0.1, -0.05) is 11.6 Å². The number of hydrogen-bond donors (Lipinski definition) is 0. The van der Waals surface area contributed by atoms with Crippen molar-refractivity contribution >= 4 is 28.4 Å². The topological polar surface area (TPSA) is 26.3 Å². The largest absolute Gasteiger partial charge is 0.497 e. The Hall–Kier alpha value is -0.730. The van der Waals surface area contributed by atoms with Gasteiger partial charge in [-0.15, -0.1) is 0 Å². The van der Waals surface area contributed by atoms with Crippen LogP contribution < -0.4 is 4.74 Å². The normalized spacial score (nSPS) is 9.85. The summed E-state index contributed by atoms with van der Waals surface area (Å²) in [4.78, 5) is 10.9. The van der Waals surface area contributed by atoms with Gasteiger partial charge in [0.1, 0.15) is 5.75 Å². The first-order chi connectivity index (χ1) is 6.06. The lowest BCUT2D eigenvalue weighted by molar-refractivity contribution is 0.108. The first-order valence-corrected chi connectivity index (χ1v) is 4.36. The zero-order valence-corrected chi connectivity index (χ0v) is 8.74. The van der Waals surface area contributed by atoms with Gasteiger partial charge in [0.2, 0.25) is 0 Å². The Bertz CT molecular complexity index is 348. The third-order valence-corrected chi connectivity index (χ3v) is 2.38. The van der Waals surface area contributed by atoms with Crippen molar-refractivity contribution in [2.75, 3.05) is 7.11 Å². The summed E-state index contributed by atoms with van der Waals surface area (Å²) in [5, 5.41) is -0.201. The second kappa shape index (κ2) is 3.99. The number of benzene rings is 1. The van der Waals surface area contributed by atoms with Crippen LogP contribution in [0.5, 0.6) is 5.75 Å². The molecular formula is C9H8Cl2O2. The second-order valence-corrected chi connectivity index (χ2v) is 3.30. The molecule has 13 heavy (non-hydrogen) atoms. The summed E-state index contributed by atoms with van der Waals surface area (Å²) in [6.07, 6.45) is 0. The van der Waals surface area contributed by atoms with Crippen molar-refractivity contribution in [3.8, 4) is 5.75 Å². The summed E-state index contributed by atoms with van der Waals surface area (Å²) in [6.45, 7) is 1.79. The lowest BCUT2D eigenvalue weighted by Gasteiger charge is -2.06. The van der Waals surface area contributed by atoms with E-state index in [2.05, 4.69) is 0 Å². The van der Waals surface area contributed by atoms with E-state index in [0.29, 0.717) is 10.8 Å². The minimum Gasteiger partial charge on any atom is -0.497 e. The molecule has 0 aliphatic heterocycles. The zero-order chi connectivity index (χ0) is 10.0. The third-order valence-electron chi connectivity index (χ3n) is 1.68. The van der Waals surface area contributed by atoms with Crippen LogP contribution in [-0.2, 0) is 0 Å². The van der Waals surface area contributed by atoms with Gasteiger partial charge in [0, 0.05) is 0 Å². The van der Waals surface area contributed by atoms with Gasteiger partial charge in [-0.05, 0) is 36.2 Å². The van der Waals surface area contributed by atoms with Gasteiger partial charge in [-0.2, -0.15) is 0 Å². The maximum Gasteiger partial charge on any atom is 0.254 e. The number of halogens is 2. The molecule has 0 spiro atoms. The first-order valence-electron chi connectivity index (χ1n) is 3.60. The average Bonchev–Trinajstić information content (AvgIpc) is 2.09. The molecule has 0 amide bonds. The molecule has 0 radical (unpaired) electrons. The summed E-state index contributed by atoms with van der Waals surface area (Å²) in [5.74, 6) is 0.575. The molecule has 0 bridgehead atoms. The van der Waals surface area contributed by atoms with Gasteiger partial charge in [-0.3, -0.25) is 4.79 Å². The molecule has 0 N–H and O–H groups in total. The van der Waals surface area contributed by atoms with Gasteiger partial charge >= 0.3 is 0 Å². The highest BCUT2D eigenvalue weighted by Crippen LogP contribution is 2.27. The SMILES string of the molecule is COc1cc(C)c(Cl)c(C(=O)Cl)c1. The molecule has 1 aromatic rings. The molecule has 0 heterocycles. The smallest absolute Gasteiger partial charge is 0.254 e. The van der Waals surface area contributed by atoms with Crippen LogP contribution in [-0.4, -0.2) is 12.4 Å². The maximum absolute atomic E-state index is 10.9. The molecule has 0 atom stereocenters. The molecule has 0 saturated carbocycles. The van der Waals surface area contributed by atoms with Crippen LogP contribution in [0.3, 0.4) is 0 Å². The Morgan fingerprint density at radius 2 is 2.08 bits per heavy atom. The van der Waals surface area contributed by atoms with Crippen LogP contribution in [0.4, 0.5) is 0 Å². The Balaban J connectivity index is 3.33. The van der Waals surface area contributed by atoms with E-state index in [1.165, 1.54) is 13.2 Å². The van der Waals surface area contributed by atoms with Crippen LogP contribution in [0, 0.1) is 6.92 Å². The van der Waals surface area contributed by atoms with Gasteiger partial charge in [0.05, 0.1) is 17.7 Å². The lowest BCUT2D eigenvalue weighted by atomic mass is 10.1. The molecule has 0 saturated heterocycles. The fourth-order valence-electron chi connectivity index (χ4n) is 0.997. The Labute approximate surface area is 86.4 Å². The van der Waals surface area contributed by atoms with Gasteiger partial charge in [0.25, 0.3) is 5.24 Å². The quantitative estimate of drug-likeness (QED) is 0.714. The summed E-state index contributed by atoms with van der Waals surface area (Å²) in [5.41, 5.74) is 1.05. The first kappa shape index (κ1) is 10.4. The number of carbonyl (C=O) groups is 1. The number of rotatable bonds is 2. The highest BCUT2D eigenvalue weighted by atomic mass is 35.5. The minimum absolute atomic E-state index is 0.278. The van der Waals surface area contributed by atoms with Crippen molar-refractivity contribution in [3.63, 3.8) is 0 Å². The van der Waals surface area contributed by atoms with E-state index in [1.807, 2.05) is 0 Å². The third kappa shape index (κ3) is 2.14. The van der Waals surface area contributed by atoms with Crippen molar-refractivity contribution in [2.24, 2.45) is 0 Å². The van der Waals surface area contributed by atoms with Crippen molar-refractivity contribution in [1.29, 1.82) is 0 Å². The van der Waals surface area contributed by atoms with Crippen molar-refractivity contribution in [1.82, 2.24) is 0 Å². The Kier molecular flexibility index (Phi) is 3.17. The van der Waals surface area contributed by atoms with Crippen LogP contribution in [0.1, 0.15) is 15.9 Å². The van der Waals surface area contributed by atoms with Crippen molar-refractivity contribution in [2.45, 2.75) is 6.92 Å².